The summed E-state index contributed by atoms with van der Waals surface area (Å²) in [6, 6.07) is 12.4. The highest BCUT2D eigenvalue weighted by Crippen LogP contribution is 2.18. The lowest BCUT2D eigenvalue weighted by Gasteiger charge is -2.06. The van der Waals surface area contributed by atoms with Gasteiger partial charge >= 0.3 is 0 Å². The molecule has 0 saturated carbocycles. The van der Waals surface area contributed by atoms with Gasteiger partial charge in [0.1, 0.15) is 8.07 Å². The summed E-state index contributed by atoms with van der Waals surface area (Å²) in [6.07, 6.45) is 2.72. The molecule has 0 aliphatic rings. The molecular formula is C16H20N2Si. The van der Waals surface area contributed by atoms with Crippen molar-refractivity contribution in [1.29, 1.82) is 0 Å². The molecule has 98 valence electrons. The molecule has 0 saturated heterocycles. The van der Waals surface area contributed by atoms with Crippen LogP contribution in [-0.2, 0) is 6.54 Å². The zero-order chi connectivity index (χ0) is 13.7. The van der Waals surface area contributed by atoms with Gasteiger partial charge in [-0.3, -0.25) is 4.68 Å². The Kier molecular flexibility index (Phi) is 4.23. The van der Waals surface area contributed by atoms with Crippen LogP contribution in [0.5, 0.6) is 0 Å². The highest BCUT2D eigenvalue weighted by Gasteiger charge is 2.07. The van der Waals surface area contributed by atoms with Gasteiger partial charge in [0.25, 0.3) is 0 Å². The second-order valence-corrected chi connectivity index (χ2v) is 10.4. The van der Waals surface area contributed by atoms with Crippen molar-refractivity contribution in [2.45, 2.75) is 32.6 Å². The van der Waals surface area contributed by atoms with E-state index in [0.29, 0.717) is 0 Å². The molecule has 3 heteroatoms. The Morgan fingerprint density at radius 3 is 2.53 bits per heavy atom. The maximum absolute atomic E-state index is 4.39. The molecule has 0 unspecified atom stereocenters. The van der Waals surface area contributed by atoms with Crippen molar-refractivity contribution in [3.63, 3.8) is 0 Å². The molecule has 0 aliphatic heterocycles. The van der Waals surface area contributed by atoms with Crippen molar-refractivity contribution in [3.05, 3.63) is 42.6 Å². The molecule has 0 bridgehead atoms. The van der Waals surface area contributed by atoms with Gasteiger partial charge in [-0.2, -0.15) is 5.10 Å². The fraction of sp³-hybridized carbons (Fsp3) is 0.312. The summed E-state index contributed by atoms with van der Waals surface area (Å²) in [6.45, 7) is 7.66. The van der Waals surface area contributed by atoms with Crippen LogP contribution in [0.15, 0.2) is 42.6 Å². The summed E-state index contributed by atoms with van der Waals surface area (Å²) < 4.78 is 2.04. The van der Waals surface area contributed by atoms with Gasteiger partial charge in [-0.25, -0.2) is 0 Å². The molecule has 2 rings (SSSR count). The molecule has 0 radical (unpaired) electrons. The lowest BCUT2D eigenvalue weighted by Crippen LogP contribution is -2.16. The van der Waals surface area contributed by atoms with E-state index < -0.39 is 8.07 Å². The van der Waals surface area contributed by atoms with Crippen LogP contribution in [0.3, 0.4) is 0 Å². The Morgan fingerprint density at radius 1 is 1.11 bits per heavy atom. The molecule has 0 aliphatic carbocycles. The Balaban J connectivity index is 2.07. The van der Waals surface area contributed by atoms with E-state index in [4.69, 9.17) is 0 Å². The summed E-state index contributed by atoms with van der Waals surface area (Å²) in [5.41, 5.74) is 5.76. The molecule has 0 fully saturated rings. The van der Waals surface area contributed by atoms with Crippen LogP contribution in [-0.4, -0.2) is 17.9 Å². The van der Waals surface area contributed by atoms with Crippen molar-refractivity contribution in [2.24, 2.45) is 0 Å². The van der Waals surface area contributed by atoms with E-state index in [0.717, 1.165) is 18.7 Å². The van der Waals surface area contributed by atoms with Gasteiger partial charge in [0.2, 0.25) is 0 Å². The summed E-state index contributed by atoms with van der Waals surface area (Å²) in [5.74, 6) is 3.29. The summed E-state index contributed by atoms with van der Waals surface area (Å²) in [7, 11) is -1.25. The molecule has 2 aromatic rings. The fourth-order valence-corrected chi connectivity index (χ4v) is 2.51. The van der Waals surface area contributed by atoms with Crippen LogP contribution in [0.2, 0.25) is 19.6 Å². The highest BCUT2D eigenvalue weighted by molar-refractivity contribution is 6.83. The first-order chi connectivity index (χ1) is 9.06. The van der Waals surface area contributed by atoms with Crippen LogP contribution >= 0.6 is 0 Å². The van der Waals surface area contributed by atoms with E-state index in [1.807, 2.05) is 16.9 Å². The number of aromatic nitrogens is 2. The summed E-state index contributed by atoms with van der Waals surface area (Å²) in [5, 5.41) is 4.39. The summed E-state index contributed by atoms with van der Waals surface area (Å²) >= 11 is 0. The molecule has 1 heterocycles. The van der Waals surface area contributed by atoms with E-state index >= 15 is 0 Å². The van der Waals surface area contributed by atoms with Crippen LogP contribution in [0.4, 0.5) is 0 Å². The minimum Gasteiger partial charge on any atom is -0.264 e. The standard InChI is InChI=1S/C16H20N2Si/c1-19(2,3)14-8-7-13-18-16(11-12-17-18)15-9-5-4-6-10-15/h4-6,9-12H,7,13H2,1-3H3. The number of nitrogens with zero attached hydrogens (tertiary/aromatic N) is 2. The zero-order valence-electron chi connectivity index (χ0n) is 11.9. The third-order valence-corrected chi connectivity index (χ3v) is 3.62. The van der Waals surface area contributed by atoms with Crippen molar-refractivity contribution in [3.8, 4) is 22.7 Å². The minimum absolute atomic E-state index is 0.856. The SMILES string of the molecule is C[Si](C)(C)C#CCCn1nccc1-c1ccccc1. The van der Waals surface area contributed by atoms with Gasteiger partial charge in [-0.1, -0.05) is 50.0 Å². The van der Waals surface area contributed by atoms with Gasteiger partial charge < -0.3 is 0 Å². The first-order valence-corrected chi connectivity index (χ1v) is 10.1. The van der Waals surface area contributed by atoms with Gasteiger partial charge in [0, 0.05) is 12.6 Å². The fourth-order valence-electron chi connectivity index (χ4n) is 1.85. The second kappa shape index (κ2) is 5.90. The quantitative estimate of drug-likeness (QED) is 0.611. The summed E-state index contributed by atoms with van der Waals surface area (Å²) in [4.78, 5) is 0. The van der Waals surface area contributed by atoms with Gasteiger partial charge in [-0.05, 0) is 11.6 Å². The highest BCUT2D eigenvalue weighted by atomic mass is 28.3. The maximum atomic E-state index is 4.39. The number of hydrogen-bond acceptors (Lipinski definition) is 1. The molecule has 0 amide bonds. The normalized spacial score (nSPS) is 10.9. The monoisotopic (exact) mass is 268 g/mol. The van der Waals surface area contributed by atoms with Gasteiger partial charge in [0.15, 0.2) is 0 Å². The second-order valence-electron chi connectivity index (χ2n) is 5.61. The van der Waals surface area contributed by atoms with E-state index in [1.54, 1.807) is 0 Å². The van der Waals surface area contributed by atoms with Crippen molar-refractivity contribution in [2.75, 3.05) is 0 Å². The molecule has 0 spiro atoms. The van der Waals surface area contributed by atoms with E-state index in [1.165, 1.54) is 5.56 Å². The molecule has 0 N–H and O–H groups in total. The first kappa shape index (κ1) is 13.6. The van der Waals surface area contributed by atoms with Crippen molar-refractivity contribution < 1.29 is 0 Å². The molecule has 1 aromatic heterocycles. The number of hydrogen-bond donors (Lipinski definition) is 0. The van der Waals surface area contributed by atoms with E-state index in [2.05, 4.69) is 66.5 Å². The third kappa shape index (κ3) is 4.11. The molecule has 19 heavy (non-hydrogen) atoms. The number of aryl methyl sites for hydroxylation is 1. The Bertz CT molecular complexity index is 582. The largest absolute Gasteiger partial charge is 0.264 e. The number of rotatable bonds is 3. The lowest BCUT2D eigenvalue weighted by atomic mass is 10.1. The maximum Gasteiger partial charge on any atom is 0.129 e. The molecule has 2 nitrogen and oxygen atoms in total. The van der Waals surface area contributed by atoms with Crippen LogP contribution in [0.1, 0.15) is 6.42 Å². The Labute approximate surface area is 116 Å². The third-order valence-electron chi connectivity index (χ3n) is 2.70. The van der Waals surface area contributed by atoms with Crippen LogP contribution in [0.25, 0.3) is 11.3 Å². The van der Waals surface area contributed by atoms with E-state index in [-0.39, 0.29) is 0 Å². The first-order valence-electron chi connectivity index (χ1n) is 6.63. The lowest BCUT2D eigenvalue weighted by molar-refractivity contribution is 0.637. The van der Waals surface area contributed by atoms with Crippen molar-refractivity contribution >= 4 is 8.07 Å². The predicted octanol–water partition coefficient (Wildman–Crippen LogP) is 3.82. The average Bonchev–Trinajstić information content (AvgIpc) is 2.83. The van der Waals surface area contributed by atoms with Crippen LogP contribution < -0.4 is 0 Å². The average molecular weight is 268 g/mol. The molecular weight excluding hydrogens is 248 g/mol. The predicted molar refractivity (Wildman–Crippen MR) is 83.4 cm³/mol. The Morgan fingerprint density at radius 2 is 1.84 bits per heavy atom. The number of benzene rings is 1. The minimum atomic E-state index is -1.25. The Hall–Kier alpha value is -1.79. The van der Waals surface area contributed by atoms with E-state index in [9.17, 15) is 0 Å². The topological polar surface area (TPSA) is 17.8 Å². The molecule has 0 atom stereocenters. The van der Waals surface area contributed by atoms with Crippen LogP contribution in [0, 0.1) is 11.5 Å². The van der Waals surface area contributed by atoms with Gasteiger partial charge in [-0.15, -0.1) is 11.5 Å². The smallest absolute Gasteiger partial charge is 0.129 e. The molecule has 1 aromatic carbocycles. The zero-order valence-corrected chi connectivity index (χ0v) is 12.9. The van der Waals surface area contributed by atoms with Crippen molar-refractivity contribution in [1.82, 2.24) is 9.78 Å². The van der Waals surface area contributed by atoms with Gasteiger partial charge in [0.05, 0.1) is 12.2 Å².